The summed E-state index contributed by atoms with van der Waals surface area (Å²) < 4.78 is 0. The summed E-state index contributed by atoms with van der Waals surface area (Å²) in [7, 11) is 0. The van der Waals surface area contributed by atoms with Gasteiger partial charge in [0.15, 0.2) is 0 Å². The maximum atomic E-state index is 5.29. The second-order valence-electron chi connectivity index (χ2n) is 3.05. The van der Waals surface area contributed by atoms with Crippen LogP contribution in [0.4, 0.5) is 0 Å². The number of hydrogen-bond donors (Lipinski definition) is 2. The van der Waals surface area contributed by atoms with Crippen molar-refractivity contribution >= 4 is 0 Å². The minimum atomic E-state index is 0. The smallest absolute Gasteiger partial charge is 0.0539 e. The molecule has 0 fully saturated rings. The normalized spacial score (nSPS) is 8.59. The topological polar surface area (TPSA) is 77.8 Å². The van der Waals surface area contributed by atoms with E-state index in [1.807, 2.05) is 36.4 Å². The van der Waals surface area contributed by atoms with E-state index in [1.165, 1.54) is 0 Å². The van der Waals surface area contributed by atoms with Crippen LogP contribution in [0.25, 0.3) is 0 Å². The first-order valence-corrected chi connectivity index (χ1v) is 5.06. The van der Waals surface area contributed by atoms with Crippen LogP contribution in [0.3, 0.4) is 0 Å². The first-order valence-electron chi connectivity index (χ1n) is 5.06. The Bertz CT molecular complexity index is 341. The second kappa shape index (κ2) is 9.93. The molecule has 0 saturated heterocycles. The van der Waals surface area contributed by atoms with Crippen molar-refractivity contribution in [3.05, 3.63) is 60.2 Å². The summed E-state index contributed by atoms with van der Waals surface area (Å²) >= 11 is 0. The fourth-order valence-corrected chi connectivity index (χ4v) is 1.04. The van der Waals surface area contributed by atoms with E-state index < -0.39 is 0 Å². The van der Waals surface area contributed by atoms with E-state index in [0.717, 1.165) is 11.4 Å². The van der Waals surface area contributed by atoms with Crippen LogP contribution in [-0.4, -0.2) is 9.97 Å². The standard InChI is InChI=1S/2C6H8N2.Cu/c2*7-5-6-3-1-2-4-8-6;/h2*1-4H,5,7H2;. The van der Waals surface area contributed by atoms with Crippen LogP contribution < -0.4 is 11.5 Å². The van der Waals surface area contributed by atoms with E-state index in [0.29, 0.717) is 13.1 Å². The number of nitrogens with two attached hydrogens (primary N) is 2. The summed E-state index contributed by atoms with van der Waals surface area (Å²) in [5.41, 5.74) is 12.4. The van der Waals surface area contributed by atoms with Gasteiger partial charge in [0.1, 0.15) is 0 Å². The van der Waals surface area contributed by atoms with Gasteiger partial charge in [-0.1, -0.05) is 12.1 Å². The van der Waals surface area contributed by atoms with Gasteiger partial charge >= 0.3 is 0 Å². The zero-order chi connectivity index (χ0) is 11.6. The number of rotatable bonds is 2. The van der Waals surface area contributed by atoms with Crippen molar-refractivity contribution in [3.63, 3.8) is 0 Å². The van der Waals surface area contributed by atoms with Gasteiger partial charge in [0.25, 0.3) is 0 Å². The van der Waals surface area contributed by atoms with Crippen LogP contribution in [0.1, 0.15) is 11.4 Å². The minimum Gasteiger partial charge on any atom is -0.325 e. The van der Waals surface area contributed by atoms with Crippen molar-refractivity contribution in [2.45, 2.75) is 13.1 Å². The van der Waals surface area contributed by atoms with Gasteiger partial charge in [0, 0.05) is 42.6 Å². The quantitative estimate of drug-likeness (QED) is 0.807. The fourth-order valence-electron chi connectivity index (χ4n) is 1.04. The van der Waals surface area contributed by atoms with Crippen molar-refractivity contribution in [3.8, 4) is 0 Å². The molecule has 0 spiro atoms. The summed E-state index contributed by atoms with van der Waals surface area (Å²) in [6.07, 6.45) is 3.48. The molecule has 0 saturated carbocycles. The number of pyridine rings is 2. The molecule has 0 unspecified atom stereocenters. The predicted octanol–water partition coefficient (Wildman–Crippen LogP) is 1.08. The average Bonchev–Trinajstić information content (AvgIpc) is 2.41. The molecular formula is C12H16CuN4. The van der Waals surface area contributed by atoms with Crippen molar-refractivity contribution in [1.82, 2.24) is 9.97 Å². The van der Waals surface area contributed by atoms with E-state index in [1.54, 1.807) is 12.4 Å². The summed E-state index contributed by atoms with van der Waals surface area (Å²) in [6.45, 7) is 1.06. The van der Waals surface area contributed by atoms with Crippen molar-refractivity contribution in [2.75, 3.05) is 0 Å². The Morgan fingerprint density at radius 2 is 1.18 bits per heavy atom. The molecule has 17 heavy (non-hydrogen) atoms. The maximum Gasteiger partial charge on any atom is 0.0539 e. The van der Waals surface area contributed by atoms with Gasteiger partial charge in [-0.3, -0.25) is 9.97 Å². The van der Waals surface area contributed by atoms with Gasteiger partial charge in [-0.15, -0.1) is 0 Å². The van der Waals surface area contributed by atoms with Gasteiger partial charge in [0.2, 0.25) is 0 Å². The van der Waals surface area contributed by atoms with Gasteiger partial charge in [-0.2, -0.15) is 0 Å². The zero-order valence-electron chi connectivity index (χ0n) is 9.38. The molecule has 1 radical (unpaired) electrons. The molecule has 0 aromatic carbocycles. The van der Waals surface area contributed by atoms with E-state index in [9.17, 15) is 0 Å². The van der Waals surface area contributed by atoms with Gasteiger partial charge in [0.05, 0.1) is 11.4 Å². The molecule has 95 valence electrons. The summed E-state index contributed by atoms with van der Waals surface area (Å²) in [6, 6.07) is 11.4. The van der Waals surface area contributed by atoms with Crippen LogP contribution in [0.5, 0.6) is 0 Å². The molecule has 2 rings (SSSR count). The molecule has 0 amide bonds. The van der Waals surface area contributed by atoms with E-state index in [-0.39, 0.29) is 17.1 Å². The third kappa shape index (κ3) is 6.81. The molecule has 2 aromatic heterocycles. The largest absolute Gasteiger partial charge is 0.325 e. The Morgan fingerprint density at radius 1 is 0.765 bits per heavy atom. The molecule has 0 bridgehead atoms. The summed E-state index contributed by atoms with van der Waals surface area (Å²) in [5.74, 6) is 0. The van der Waals surface area contributed by atoms with Crippen molar-refractivity contribution in [1.29, 1.82) is 0 Å². The third-order valence-electron chi connectivity index (χ3n) is 1.87. The minimum absolute atomic E-state index is 0. The zero-order valence-corrected chi connectivity index (χ0v) is 10.3. The molecule has 5 heteroatoms. The van der Waals surface area contributed by atoms with Crippen LogP contribution >= 0.6 is 0 Å². The average molecular weight is 280 g/mol. The molecule has 0 atom stereocenters. The first kappa shape index (κ1) is 15.7. The monoisotopic (exact) mass is 279 g/mol. The number of nitrogens with zero attached hydrogens (tertiary/aromatic N) is 2. The second-order valence-corrected chi connectivity index (χ2v) is 3.05. The van der Waals surface area contributed by atoms with Crippen LogP contribution in [-0.2, 0) is 30.2 Å². The van der Waals surface area contributed by atoms with E-state index in [2.05, 4.69) is 9.97 Å². The molecule has 4 N–H and O–H groups in total. The third-order valence-corrected chi connectivity index (χ3v) is 1.87. The SMILES string of the molecule is NCc1ccccn1.NCc1ccccn1.[Cu]. The number of aromatic nitrogens is 2. The van der Waals surface area contributed by atoms with Crippen molar-refractivity contribution < 1.29 is 17.1 Å². The number of hydrogen-bond acceptors (Lipinski definition) is 4. The first-order chi connectivity index (χ1) is 7.86. The molecular weight excluding hydrogens is 264 g/mol. The molecule has 0 aliphatic carbocycles. The molecule has 0 aliphatic rings. The molecule has 4 nitrogen and oxygen atoms in total. The maximum absolute atomic E-state index is 5.29. The molecule has 0 aliphatic heterocycles. The van der Waals surface area contributed by atoms with E-state index in [4.69, 9.17) is 11.5 Å². The Balaban J connectivity index is 0.000000284. The Morgan fingerprint density at radius 3 is 1.35 bits per heavy atom. The Labute approximate surface area is 112 Å². The van der Waals surface area contributed by atoms with E-state index >= 15 is 0 Å². The van der Waals surface area contributed by atoms with Gasteiger partial charge in [-0.05, 0) is 24.3 Å². The molecule has 2 aromatic rings. The Kier molecular flexibility index (Phi) is 9.19. The van der Waals surface area contributed by atoms with Crippen molar-refractivity contribution in [2.24, 2.45) is 11.5 Å². The summed E-state index contributed by atoms with van der Waals surface area (Å²) in [4.78, 5) is 7.94. The van der Waals surface area contributed by atoms with Crippen LogP contribution in [0, 0.1) is 0 Å². The van der Waals surface area contributed by atoms with Crippen LogP contribution in [0.2, 0.25) is 0 Å². The predicted molar refractivity (Wildman–Crippen MR) is 64.3 cm³/mol. The fraction of sp³-hybridized carbons (Fsp3) is 0.167. The summed E-state index contributed by atoms with van der Waals surface area (Å²) in [5, 5.41) is 0. The Hall–Kier alpha value is -1.26. The molecule has 2 heterocycles. The van der Waals surface area contributed by atoms with Gasteiger partial charge in [-0.25, -0.2) is 0 Å². The van der Waals surface area contributed by atoms with Crippen LogP contribution in [0.15, 0.2) is 48.8 Å². The van der Waals surface area contributed by atoms with Gasteiger partial charge < -0.3 is 11.5 Å².